The largest absolute Gasteiger partial charge is 0.335 e. The molecule has 3 heterocycles. The Morgan fingerprint density at radius 1 is 1.12 bits per heavy atom. The van der Waals surface area contributed by atoms with Gasteiger partial charge >= 0.3 is 0 Å². The molecule has 1 aromatic carbocycles. The van der Waals surface area contributed by atoms with Crippen molar-refractivity contribution in [3.8, 4) is 0 Å². The van der Waals surface area contributed by atoms with Crippen molar-refractivity contribution >= 4 is 11.6 Å². The van der Waals surface area contributed by atoms with Crippen molar-refractivity contribution < 1.29 is 9.18 Å². The van der Waals surface area contributed by atoms with Gasteiger partial charge in [-0.3, -0.25) is 9.69 Å². The van der Waals surface area contributed by atoms with E-state index in [1.165, 1.54) is 6.07 Å². The number of imidazole rings is 1. The van der Waals surface area contributed by atoms with Crippen LogP contribution in [0, 0.1) is 5.82 Å². The van der Waals surface area contributed by atoms with E-state index in [9.17, 15) is 9.18 Å². The number of carbonyl (C=O) groups excluding carboxylic acids is 1. The van der Waals surface area contributed by atoms with Crippen molar-refractivity contribution in [3.05, 3.63) is 65.9 Å². The van der Waals surface area contributed by atoms with Crippen molar-refractivity contribution in [1.82, 2.24) is 24.4 Å². The van der Waals surface area contributed by atoms with Gasteiger partial charge in [-0.2, -0.15) is 5.10 Å². The first kappa shape index (κ1) is 15.7. The first-order valence-corrected chi connectivity index (χ1v) is 8.25. The molecule has 0 unspecified atom stereocenters. The lowest BCUT2D eigenvalue weighted by Crippen LogP contribution is -2.48. The van der Waals surface area contributed by atoms with E-state index in [1.807, 2.05) is 17.0 Å². The highest BCUT2D eigenvalue weighted by atomic mass is 19.1. The molecule has 2 aromatic heterocycles. The van der Waals surface area contributed by atoms with Crippen LogP contribution < -0.4 is 0 Å². The SMILES string of the molecule is O=C(c1cnc2cccnn12)N1CCN(Cc2cccc(F)c2)CC1. The Hall–Kier alpha value is -2.80. The Morgan fingerprint density at radius 3 is 2.76 bits per heavy atom. The summed E-state index contributed by atoms with van der Waals surface area (Å²) in [5.41, 5.74) is 2.09. The fourth-order valence-electron chi connectivity index (χ4n) is 3.14. The first-order chi connectivity index (χ1) is 12.2. The van der Waals surface area contributed by atoms with E-state index >= 15 is 0 Å². The summed E-state index contributed by atoms with van der Waals surface area (Å²) in [5, 5.41) is 4.20. The molecule has 1 fully saturated rings. The van der Waals surface area contributed by atoms with Crippen LogP contribution >= 0.6 is 0 Å². The standard InChI is InChI=1S/C18H18FN5O/c19-15-4-1-3-14(11-15)13-22-7-9-23(10-8-22)18(25)16-12-20-17-5-2-6-21-24(16)17/h1-6,11-12H,7-10,13H2. The molecule has 0 bridgehead atoms. The molecular weight excluding hydrogens is 321 g/mol. The number of rotatable bonds is 3. The third-order valence-electron chi connectivity index (χ3n) is 4.45. The molecule has 0 radical (unpaired) electrons. The number of benzene rings is 1. The summed E-state index contributed by atoms with van der Waals surface area (Å²) in [5.74, 6) is -0.275. The molecule has 0 saturated carbocycles. The predicted octanol–water partition coefficient (Wildman–Crippen LogP) is 1.83. The molecule has 0 aliphatic carbocycles. The van der Waals surface area contributed by atoms with Gasteiger partial charge in [-0.25, -0.2) is 13.9 Å². The molecule has 25 heavy (non-hydrogen) atoms. The van der Waals surface area contributed by atoms with E-state index in [0.29, 0.717) is 31.0 Å². The summed E-state index contributed by atoms with van der Waals surface area (Å²) in [6, 6.07) is 10.3. The third kappa shape index (κ3) is 3.23. The molecular formula is C18H18FN5O. The Balaban J connectivity index is 1.40. The topological polar surface area (TPSA) is 53.7 Å². The zero-order chi connectivity index (χ0) is 17.2. The summed E-state index contributed by atoms with van der Waals surface area (Å²) >= 11 is 0. The highest BCUT2D eigenvalue weighted by Gasteiger charge is 2.24. The van der Waals surface area contributed by atoms with Gasteiger partial charge in [-0.05, 0) is 29.8 Å². The summed E-state index contributed by atoms with van der Waals surface area (Å²) < 4.78 is 14.9. The Labute approximate surface area is 144 Å². The lowest BCUT2D eigenvalue weighted by Gasteiger charge is -2.34. The second-order valence-corrected chi connectivity index (χ2v) is 6.14. The van der Waals surface area contributed by atoms with Gasteiger partial charge < -0.3 is 4.90 Å². The lowest BCUT2D eigenvalue weighted by molar-refractivity contribution is 0.0620. The number of carbonyl (C=O) groups is 1. The van der Waals surface area contributed by atoms with Gasteiger partial charge in [0.1, 0.15) is 5.82 Å². The fraction of sp³-hybridized carbons (Fsp3) is 0.278. The van der Waals surface area contributed by atoms with Crippen LogP contribution in [0.5, 0.6) is 0 Å². The first-order valence-electron chi connectivity index (χ1n) is 8.25. The van der Waals surface area contributed by atoms with Gasteiger partial charge in [0.2, 0.25) is 0 Å². The number of fused-ring (bicyclic) bond motifs is 1. The molecule has 0 atom stereocenters. The van der Waals surface area contributed by atoms with Crippen LogP contribution in [0.1, 0.15) is 16.1 Å². The number of hydrogen-bond donors (Lipinski definition) is 0. The average molecular weight is 339 g/mol. The van der Waals surface area contributed by atoms with E-state index in [-0.39, 0.29) is 11.7 Å². The maximum Gasteiger partial charge on any atom is 0.274 e. The quantitative estimate of drug-likeness (QED) is 0.730. The Kier molecular flexibility index (Phi) is 4.15. The van der Waals surface area contributed by atoms with E-state index in [4.69, 9.17) is 0 Å². The minimum Gasteiger partial charge on any atom is -0.335 e. The van der Waals surface area contributed by atoms with Crippen LogP contribution in [0.3, 0.4) is 0 Å². The van der Waals surface area contributed by atoms with Crippen LogP contribution in [0.2, 0.25) is 0 Å². The maximum absolute atomic E-state index is 13.3. The third-order valence-corrected chi connectivity index (χ3v) is 4.45. The zero-order valence-corrected chi connectivity index (χ0v) is 13.7. The van der Waals surface area contributed by atoms with Crippen molar-refractivity contribution in [1.29, 1.82) is 0 Å². The van der Waals surface area contributed by atoms with Crippen LogP contribution in [0.15, 0.2) is 48.8 Å². The molecule has 3 aromatic rings. The molecule has 1 amide bonds. The number of aromatic nitrogens is 3. The molecule has 0 spiro atoms. The van der Waals surface area contributed by atoms with E-state index in [2.05, 4.69) is 15.0 Å². The molecule has 0 N–H and O–H groups in total. The van der Waals surface area contributed by atoms with Crippen molar-refractivity contribution in [2.24, 2.45) is 0 Å². The molecule has 6 nitrogen and oxygen atoms in total. The number of halogens is 1. The van der Waals surface area contributed by atoms with Crippen LogP contribution in [0.4, 0.5) is 4.39 Å². The van der Waals surface area contributed by atoms with E-state index < -0.39 is 0 Å². The van der Waals surface area contributed by atoms with E-state index in [0.717, 1.165) is 18.7 Å². The van der Waals surface area contributed by atoms with Gasteiger partial charge in [0.05, 0.1) is 6.20 Å². The lowest BCUT2D eigenvalue weighted by atomic mass is 10.2. The predicted molar refractivity (Wildman–Crippen MR) is 90.6 cm³/mol. The molecule has 4 rings (SSSR count). The highest BCUT2D eigenvalue weighted by Crippen LogP contribution is 2.13. The van der Waals surface area contributed by atoms with Crippen LogP contribution in [-0.2, 0) is 6.54 Å². The zero-order valence-electron chi connectivity index (χ0n) is 13.7. The molecule has 1 aliphatic rings. The Morgan fingerprint density at radius 2 is 1.96 bits per heavy atom. The average Bonchev–Trinajstić information content (AvgIpc) is 3.06. The van der Waals surface area contributed by atoms with E-state index in [1.54, 1.807) is 35.1 Å². The van der Waals surface area contributed by atoms with Crippen molar-refractivity contribution in [3.63, 3.8) is 0 Å². The van der Waals surface area contributed by atoms with Crippen LogP contribution in [-0.4, -0.2) is 56.5 Å². The number of nitrogens with zero attached hydrogens (tertiary/aromatic N) is 5. The van der Waals surface area contributed by atoms with Gasteiger partial charge in [0, 0.05) is 38.9 Å². The molecule has 1 aliphatic heterocycles. The summed E-state index contributed by atoms with van der Waals surface area (Å²) in [7, 11) is 0. The summed E-state index contributed by atoms with van der Waals surface area (Å²) in [6.07, 6.45) is 3.21. The van der Waals surface area contributed by atoms with Crippen molar-refractivity contribution in [2.75, 3.05) is 26.2 Å². The fourth-order valence-corrected chi connectivity index (χ4v) is 3.14. The van der Waals surface area contributed by atoms with Gasteiger partial charge in [-0.15, -0.1) is 0 Å². The normalized spacial score (nSPS) is 15.6. The summed E-state index contributed by atoms with van der Waals surface area (Å²) in [4.78, 5) is 21.0. The minimum absolute atomic E-state index is 0.0587. The number of hydrogen-bond acceptors (Lipinski definition) is 4. The van der Waals surface area contributed by atoms with Crippen LogP contribution in [0.25, 0.3) is 5.65 Å². The number of amides is 1. The second-order valence-electron chi connectivity index (χ2n) is 6.14. The molecule has 128 valence electrons. The monoisotopic (exact) mass is 339 g/mol. The minimum atomic E-state index is -0.216. The Bertz CT molecular complexity index is 901. The smallest absolute Gasteiger partial charge is 0.274 e. The molecule has 7 heteroatoms. The van der Waals surface area contributed by atoms with Crippen molar-refractivity contribution in [2.45, 2.75) is 6.54 Å². The summed E-state index contributed by atoms with van der Waals surface area (Å²) in [6.45, 7) is 3.47. The van der Waals surface area contributed by atoms with Gasteiger partial charge in [0.15, 0.2) is 11.3 Å². The number of piperazine rings is 1. The second kappa shape index (κ2) is 6.60. The van der Waals surface area contributed by atoms with Gasteiger partial charge in [-0.1, -0.05) is 12.1 Å². The highest BCUT2D eigenvalue weighted by molar-refractivity contribution is 5.93. The maximum atomic E-state index is 13.3. The molecule has 1 saturated heterocycles. The van der Waals surface area contributed by atoms with Gasteiger partial charge in [0.25, 0.3) is 5.91 Å².